The van der Waals surface area contributed by atoms with Crippen molar-refractivity contribution < 1.29 is 4.74 Å². The van der Waals surface area contributed by atoms with Crippen LogP contribution in [0.3, 0.4) is 0 Å². The maximum atomic E-state index is 5.58. The Morgan fingerprint density at radius 2 is 2.04 bits per heavy atom. The lowest BCUT2D eigenvalue weighted by atomic mass is 10.4. The highest BCUT2D eigenvalue weighted by molar-refractivity contribution is 7.98. The van der Waals surface area contributed by atoms with Crippen LogP contribution >= 0.6 is 11.8 Å². The quantitative estimate of drug-likeness (QED) is 0.296. The third-order valence-electron chi connectivity index (χ3n) is 3.61. The first-order valence-electron chi connectivity index (χ1n) is 9.27. The molecule has 0 saturated carbocycles. The fraction of sp³-hybridized carbons (Fsp3) is 0.824. The van der Waals surface area contributed by atoms with E-state index in [4.69, 9.17) is 4.74 Å². The molecule has 0 aromatic carbocycles. The van der Waals surface area contributed by atoms with E-state index in [1.54, 1.807) is 6.33 Å². The van der Waals surface area contributed by atoms with Crippen LogP contribution in [-0.4, -0.2) is 65.6 Å². The van der Waals surface area contributed by atoms with Gasteiger partial charge in [-0.15, -0.1) is 10.2 Å². The fourth-order valence-electron chi connectivity index (χ4n) is 2.19. The van der Waals surface area contributed by atoms with Crippen molar-refractivity contribution in [2.75, 3.05) is 44.9 Å². The molecule has 0 amide bonds. The lowest BCUT2D eigenvalue weighted by molar-refractivity contribution is 0.130. The summed E-state index contributed by atoms with van der Waals surface area (Å²) in [6.07, 6.45) is 8.05. The molecule has 1 heterocycles. The van der Waals surface area contributed by atoms with Gasteiger partial charge in [-0.3, -0.25) is 4.99 Å². The molecule has 25 heavy (non-hydrogen) atoms. The number of aromatic nitrogens is 3. The van der Waals surface area contributed by atoms with Crippen LogP contribution in [0.5, 0.6) is 0 Å². The van der Waals surface area contributed by atoms with Crippen LogP contribution in [0.15, 0.2) is 11.3 Å². The number of aliphatic imine (C=N–C) groups is 1. The van der Waals surface area contributed by atoms with Gasteiger partial charge in [0.1, 0.15) is 12.2 Å². The molecule has 144 valence electrons. The summed E-state index contributed by atoms with van der Waals surface area (Å²) in [6.45, 7) is 9.21. The van der Waals surface area contributed by atoms with Gasteiger partial charge in [0.15, 0.2) is 5.96 Å². The molecule has 0 bridgehead atoms. The van der Waals surface area contributed by atoms with Crippen molar-refractivity contribution >= 4 is 17.7 Å². The Kier molecular flexibility index (Phi) is 13.1. The lowest BCUT2D eigenvalue weighted by Crippen LogP contribution is -2.40. The molecule has 0 aliphatic heterocycles. The summed E-state index contributed by atoms with van der Waals surface area (Å²) in [7, 11) is 0. The number of ether oxygens (including phenoxy) is 1. The van der Waals surface area contributed by atoms with E-state index in [-0.39, 0.29) is 0 Å². The molecule has 1 aromatic rings. The van der Waals surface area contributed by atoms with Gasteiger partial charge in [0.2, 0.25) is 0 Å². The third-order valence-corrected chi connectivity index (χ3v) is 4.23. The first-order valence-corrected chi connectivity index (χ1v) is 10.7. The summed E-state index contributed by atoms with van der Waals surface area (Å²) < 4.78 is 7.66. The summed E-state index contributed by atoms with van der Waals surface area (Å²) in [5.41, 5.74) is 0. The Hall–Kier alpha value is -1.28. The van der Waals surface area contributed by atoms with Gasteiger partial charge in [-0.1, -0.05) is 20.3 Å². The lowest BCUT2D eigenvalue weighted by Gasteiger charge is -2.13. The van der Waals surface area contributed by atoms with Gasteiger partial charge in [0, 0.05) is 51.6 Å². The highest BCUT2D eigenvalue weighted by Gasteiger charge is 2.02. The summed E-state index contributed by atoms with van der Waals surface area (Å²) in [5.74, 6) is 2.94. The Morgan fingerprint density at radius 3 is 2.80 bits per heavy atom. The minimum absolute atomic E-state index is 0.771. The average molecular weight is 371 g/mol. The molecule has 8 heteroatoms. The van der Waals surface area contributed by atoms with Crippen molar-refractivity contribution in [2.24, 2.45) is 4.99 Å². The number of rotatable bonds is 14. The molecule has 0 atom stereocenters. The molecule has 2 N–H and O–H groups in total. The molecular weight excluding hydrogens is 336 g/mol. The number of guanidine groups is 1. The van der Waals surface area contributed by atoms with E-state index in [1.807, 2.05) is 11.8 Å². The molecule has 1 aromatic heterocycles. The minimum Gasteiger partial charge on any atom is -0.381 e. The standard InChI is InChI=1S/C17H34N6OS/c1-4-6-12-24-13-7-8-18-17(20-10-14-25-3)19-9-11-23-15-21-22-16(23)5-2/h15H,4-14H2,1-3H3,(H2,18,19,20). The summed E-state index contributed by atoms with van der Waals surface area (Å²) in [4.78, 5) is 4.64. The Bertz CT molecular complexity index is 466. The number of hydrogen-bond acceptors (Lipinski definition) is 5. The second kappa shape index (κ2) is 15.0. The minimum atomic E-state index is 0.771. The smallest absolute Gasteiger partial charge is 0.191 e. The predicted molar refractivity (Wildman–Crippen MR) is 106 cm³/mol. The van der Waals surface area contributed by atoms with Gasteiger partial charge in [-0.05, 0) is 19.1 Å². The largest absolute Gasteiger partial charge is 0.381 e. The molecule has 0 fully saturated rings. The maximum absolute atomic E-state index is 5.58. The Labute approximate surface area is 156 Å². The number of aryl methyl sites for hydroxylation is 1. The first kappa shape index (κ1) is 21.8. The number of thioether (sulfide) groups is 1. The van der Waals surface area contributed by atoms with Crippen molar-refractivity contribution in [1.82, 2.24) is 25.4 Å². The SMILES string of the molecule is CCCCOCCCN=C(NCCSC)NCCn1cnnc1CC. The topological polar surface area (TPSA) is 76.4 Å². The molecule has 0 aliphatic rings. The molecule has 0 radical (unpaired) electrons. The normalized spacial score (nSPS) is 11.7. The zero-order valence-electron chi connectivity index (χ0n) is 16.0. The van der Waals surface area contributed by atoms with Gasteiger partial charge in [-0.2, -0.15) is 11.8 Å². The molecule has 1 rings (SSSR count). The van der Waals surface area contributed by atoms with E-state index in [9.17, 15) is 0 Å². The van der Waals surface area contributed by atoms with Gasteiger partial charge in [0.25, 0.3) is 0 Å². The number of nitrogens with one attached hydrogen (secondary N) is 2. The van der Waals surface area contributed by atoms with E-state index in [2.05, 4.69) is 50.5 Å². The highest BCUT2D eigenvalue weighted by atomic mass is 32.2. The van der Waals surface area contributed by atoms with Gasteiger partial charge < -0.3 is 19.9 Å². The zero-order valence-corrected chi connectivity index (χ0v) is 16.8. The van der Waals surface area contributed by atoms with Crippen molar-refractivity contribution in [3.05, 3.63) is 12.2 Å². The molecule has 0 aliphatic carbocycles. The fourth-order valence-corrected chi connectivity index (χ4v) is 2.49. The van der Waals surface area contributed by atoms with Crippen LogP contribution in [0.1, 0.15) is 38.9 Å². The number of hydrogen-bond donors (Lipinski definition) is 2. The van der Waals surface area contributed by atoms with E-state index in [1.165, 1.54) is 6.42 Å². The monoisotopic (exact) mass is 370 g/mol. The number of nitrogens with zero attached hydrogens (tertiary/aromatic N) is 4. The van der Waals surface area contributed by atoms with Crippen LogP contribution in [0, 0.1) is 0 Å². The summed E-state index contributed by atoms with van der Waals surface area (Å²) in [6, 6.07) is 0. The second-order valence-corrected chi connectivity index (χ2v) is 6.68. The van der Waals surface area contributed by atoms with Crippen LogP contribution in [0.2, 0.25) is 0 Å². The predicted octanol–water partition coefficient (Wildman–Crippen LogP) is 1.95. The van der Waals surface area contributed by atoms with Gasteiger partial charge in [0.05, 0.1) is 0 Å². The Balaban J connectivity index is 2.31. The van der Waals surface area contributed by atoms with E-state index < -0.39 is 0 Å². The van der Waals surface area contributed by atoms with Crippen LogP contribution in [0.4, 0.5) is 0 Å². The maximum Gasteiger partial charge on any atom is 0.191 e. The van der Waals surface area contributed by atoms with E-state index >= 15 is 0 Å². The van der Waals surface area contributed by atoms with Crippen molar-refractivity contribution in [3.8, 4) is 0 Å². The van der Waals surface area contributed by atoms with Crippen molar-refractivity contribution in [2.45, 2.75) is 46.1 Å². The highest BCUT2D eigenvalue weighted by Crippen LogP contribution is 1.95. The summed E-state index contributed by atoms with van der Waals surface area (Å²) in [5, 5.41) is 14.8. The van der Waals surface area contributed by atoms with Crippen LogP contribution in [0.25, 0.3) is 0 Å². The Morgan fingerprint density at radius 1 is 1.24 bits per heavy atom. The summed E-state index contributed by atoms with van der Waals surface area (Å²) >= 11 is 1.82. The molecule has 7 nitrogen and oxygen atoms in total. The molecule has 0 spiro atoms. The zero-order chi connectivity index (χ0) is 18.2. The molecular formula is C17H34N6OS. The van der Waals surface area contributed by atoms with E-state index in [0.29, 0.717) is 0 Å². The van der Waals surface area contributed by atoms with Gasteiger partial charge in [-0.25, -0.2) is 0 Å². The molecule has 0 saturated heterocycles. The average Bonchev–Trinajstić information content (AvgIpc) is 3.08. The molecule has 0 unspecified atom stereocenters. The van der Waals surface area contributed by atoms with Gasteiger partial charge >= 0.3 is 0 Å². The third kappa shape index (κ3) is 10.3. The second-order valence-electron chi connectivity index (χ2n) is 5.69. The number of unbranched alkanes of at least 4 members (excludes halogenated alkanes) is 1. The van der Waals surface area contributed by atoms with E-state index in [0.717, 1.165) is 76.2 Å². The van der Waals surface area contributed by atoms with Crippen molar-refractivity contribution in [1.29, 1.82) is 0 Å². The van der Waals surface area contributed by atoms with Crippen LogP contribution < -0.4 is 10.6 Å². The van der Waals surface area contributed by atoms with Crippen molar-refractivity contribution in [3.63, 3.8) is 0 Å². The van der Waals surface area contributed by atoms with Crippen LogP contribution in [-0.2, 0) is 17.7 Å². The first-order chi connectivity index (χ1) is 12.3.